The molecule has 7 heterocycles. The number of hydrogen-bond acceptors (Lipinski definition) is 6. The van der Waals surface area contributed by atoms with E-state index < -0.39 is 5.82 Å². The number of anilines is 1. The van der Waals surface area contributed by atoms with Crippen LogP contribution < -0.4 is 10.2 Å². The van der Waals surface area contributed by atoms with Crippen molar-refractivity contribution in [3.05, 3.63) is 86.8 Å². The molecular weight excluding hydrogens is 727 g/mol. The maximum Gasteiger partial charge on any atom is 0.226 e. The maximum atomic E-state index is 17.3. The quantitative estimate of drug-likeness (QED) is 0.179. The van der Waals surface area contributed by atoms with Crippen molar-refractivity contribution in [2.75, 3.05) is 24.5 Å². The van der Waals surface area contributed by atoms with Gasteiger partial charge in [0.25, 0.3) is 0 Å². The summed E-state index contributed by atoms with van der Waals surface area (Å²) >= 11 is 13.2. The van der Waals surface area contributed by atoms with Crippen molar-refractivity contribution in [3.63, 3.8) is 0 Å². The molecule has 4 bridgehead atoms. The van der Waals surface area contributed by atoms with Crippen molar-refractivity contribution < 1.29 is 13.6 Å². The Bertz CT molecular complexity index is 2440. The van der Waals surface area contributed by atoms with E-state index >= 15 is 8.78 Å². The number of piperidine rings is 1. The predicted molar refractivity (Wildman–Crippen MR) is 206 cm³/mol. The highest BCUT2D eigenvalue weighted by molar-refractivity contribution is 6.43. The highest BCUT2D eigenvalue weighted by Gasteiger charge is 2.55. The van der Waals surface area contributed by atoms with Crippen molar-refractivity contribution >= 4 is 56.7 Å². The zero-order valence-electron chi connectivity index (χ0n) is 30.1. The number of nitriles is 1. The van der Waals surface area contributed by atoms with Crippen LogP contribution in [0, 0.1) is 54.6 Å². The van der Waals surface area contributed by atoms with Gasteiger partial charge >= 0.3 is 0 Å². The molecule has 12 heteroatoms. The number of aromatic nitrogens is 3. The van der Waals surface area contributed by atoms with Crippen LogP contribution in [-0.2, 0) is 11.2 Å². The van der Waals surface area contributed by atoms with Crippen molar-refractivity contribution in [2.24, 2.45) is 17.8 Å². The number of aryl methyl sites for hydroxylation is 3. The maximum absolute atomic E-state index is 17.3. The third kappa shape index (κ3) is 5.11. The van der Waals surface area contributed by atoms with Gasteiger partial charge in [-0.25, -0.2) is 18.7 Å². The van der Waals surface area contributed by atoms with Crippen LogP contribution in [0.3, 0.4) is 0 Å². The first-order valence-corrected chi connectivity index (χ1v) is 19.8. The van der Waals surface area contributed by atoms with Crippen LogP contribution >= 0.6 is 23.2 Å². The van der Waals surface area contributed by atoms with E-state index in [1.165, 1.54) is 6.07 Å². The minimum atomic E-state index is -0.496. The molecule has 0 unspecified atom stereocenters. The molecule has 6 atom stereocenters. The predicted octanol–water partition coefficient (Wildman–Crippen LogP) is 8.63. The molecule has 11 rings (SSSR count). The molecule has 54 heavy (non-hydrogen) atoms. The fourth-order valence-electron chi connectivity index (χ4n) is 10.2. The van der Waals surface area contributed by atoms with Gasteiger partial charge in [0.1, 0.15) is 5.52 Å². The molecule has 1 N–H and O–H groups in total. The second-order valence-electron chi connectivity index (χ2n) is 16.1. The lowest BCUT2D eigenvalue weighted by atomic mass is 9.79. The number of amides is 1. The molecule has 2 aromatic carbocycles. The van der Waals surface area contributed by atoms with Crippen LogP contribution in [0.25, 0.3) is 32.9 Å². The van der Waals surface area contributed by atoms with Gasteiger partial charge in [0.2, 0.25) is 5.91 Å². The zero-order chi connectivity index (χ0) is 37.2. The first-order valence-electron chi connectivity index (χ1n) is 19.0. The molecule has 1 amide bonds. The summed E-state index contributed by atoms with van der Waals surface area (Å²) in [6, 6.07) is 14.8. The Morgan fingerprint density at radius 2 is 1.87 bits per heavy atom. The Morgan fingerprint density at radius 3 is 2.61 bits per heavy atom. The van der Waals surface area contributed by atoms with E-state index in [1.54, 1.807) is 24.3 Å². The van der Waals surface area contributed by atoms with Crippen molar-refractivity contribution in [3.8, 4) is 17.2 Å². The molecule has 0 radical (unpaired) electrons. The van der Waals surface area contributed by atoms with Gasteiger partial charge < -0.3 is 19.7 Å². The second kappa shape index (κ2) is 12.6. The minimum absolute atomic E-state index is 0.00580. The number of nitrogens with zero attached hydrogens (tertiary/aromatic N) is 6. The van der Waals surface area contributed by atoms with Gasteiger partial charge in [0.15, 0.2) is 17.5 Å². The number of benzene rings is 2. The van der Waals surface area contributed by atoms with Crippen LogP contribution in [0.15, 0.2) is 42.5 Å². The summed E-state index contributed by atoms with van der Waals surface area (Å²) in [5.41, 5.74) is 5.04. The smallest absolute Gasteiger partial charge is 0.226 e. The number of nitrogens with one attached hydrogen (secondary N) is 1. The zero-order valence-corrected chi connectivity index (χ0v) is 31.6. The Balaban J connectivity index is 1.21. The van der Waals surface area contributed by atoms with Gasteiger partial charge in [-0.3, -0.25) is 4.79 Å². The number of pyridine rings is 2. The number of carbonyl (C=O) groups excluding carboxylic acids is 1. The summed E-state index contributed by atoms with van der Waals surface area (Å²) in [6.45, 7) is 5.76. The van der Waals surface area contributed by atoms with E-state index in [4.69, 9.17) is 28.2 Å². The van der Waals surface area contributed by atoms with Crippen molar-refractivity contribution in [1.82, 2.24) is 24.8 Å². The Hall–Kier alpha value is -4.30. The number of likely N-dealkylation sites (tertiary alicyclic amines) is 1. The normalized spacial score (nSPS) is 25.8. The molecule has 4 aliphatic heterocycles. The van der Waals surface area contributed by atoms with Gasteiger partial charge in [0.05, 0.1) is 39.8 Å². The molecule has 2 aliphatic carbocycles. The van der Waals surface area contributed by atoms with Gasteiger partial charge in [-0.05, 0) is 87.8 Å². The number of rotatable bonds is 7. The number of fused-ring (bicyclic) bond motifs is 6. The monoisotopic (exact) mass is 765 g/mol. The van der Waals surface area contributed by atoms with Crippen LogP contribution in [0.1, 0.15) is 66.8 Å². The van der Waals surface area contributed by atoms with Gasteiger partial charge in [-0.15, -0.1) is 0 Å². The van der Waals surface area contributed by atoms with E-state index in [-0.39, 0.29) is 64.7 Å². The number of halogens is 4. The molecule has 4 saturated heterocycles. The lowest BCUT2D eigenvalue weighted by Gasteiger charge is -2.40. The van der Waals surface area contributed by atoms with E-state index in [0.29, 0.717) is 64.0 Å². The molecule has 6 aliphatic rings. The summed E-state index contributed by atoms with van der Waals surface area (Å²) in [7, 11) is 0. The van der Waals surface area contributed by atoms with E-state index in [2.05, 4.69) is 31.9 Å². The molecule has 6 fully saturated rings. The standard InChI is InChI=1S/C42H39Cl2F2N7O/c1-20-8-11-31(45)41(49-20)51-18-25-13-26(19-51)52(42(54)22-9-10-22)39(25)33-16-28-21(2)50-37-29(40(28)53(33)38-24-15-32(38)48-17-24)14-23(5-4-12-47)34(36(37)46)27-6-3-7-30(43)35(27)44/h3,6-8,11,14,16,22,24-26,32,38-39,48H,4-5,9-10,13,15,17-19H2,1-2H3/t24-,25+,26-,32-,38+,39-/m1/s1. The third-order valence-corrected chi connectivity index (χ3v) is 13.6. The van der Waals surface area contributed by atoms with Crippen LogP contribution in [0.4, 0.5) is 14.6 Å². The number of carbonyl (C=O) groups is 1. The largest absolute Gasteiger partial charge is 0.352 e. The van der Waals surface area contributed by atoms with Crippen LogP contribution in [-0.4, -0.2) is 57.1 Å². The van der Waals surface area contributed by atoms with Crippen molar-refractivity contribution in [2.45, 2.75) is 76.5 Å². The lowest BCUT2D eigenvalue weighted by Crippen LogP contribution is -2.45. The molecule has 2 saturated carbocycles. The van der Waals surface area contributed by atoms with Gasteiger partial charge in [-0.1, -0.05) is 35.3 Å². The Labute approximate surface area is 322 Å². The van der Waals surface area contributed by atoms with Crippen LogP contribution in [0.5, 0.6) is 0 Å². The molecule has 276 valence electrons. The molecule has 8 nitrogen and oxygen atoms in total. The fraction of sp³-hybridized carbons (Fsp3) is 0.429. The SMILES string of the molecule is Cc1ccc(F)c(N2C[C@@H]3C[C@H](C2)N(C(=O)C2CC2)[C@H]3c2cc3c(C)nc4c(F)c(-c5cccc(Cl)c5Cl)c(CCC#N)cc4c3n2[C@H]2[C@H]3CN[C@@H]2C3)n1. The summed E-state index contributed by atoms with van der Waals surface area (Å²) in [4.78, 5) is 28.1. The van der Waals surface area contributed by atoms with Crippen LogP contribution in [0.2, 0.25) is 10.0 Å². The molecule has 3 aromatic heterocycles. The summed E-state index contributed by atoms with van der Waals surface area (Å²) in [5.74, 6) is 0.0804. The lowest BCUT2D eigenvalue weighted by molar-refractivity contribution is -0.135. The third-order valence-electron chi connectivity index (χ3n) is 12.8. The molecule has 0 spiro atoms. The molecule has 5 aromatic rings. The average molecular weight is 767 g/mol. The van der Waals surface area contributed by atoms with E-state index in [1.807, 2.05) is 24.8 Å². The Morgan fingerprint density at radius 1 is 1.04 bits per heavy atom. The minimum Gasteiger partial charge on any atom is -0.352 e. The topological polar surface area (TPSA) is 90.1 Å². The number of hydrogen-bond donors (Lipinski definition) is 1. The van der Waals surface area contributed by atoms with Gasteiger partial charge in [-0.2, -0.15) is 5.26 Å². The highest BCUT2D eigenvalue weighted by Crippen LogP contribution is 2.54. The first kappa shape index (κ1) is 34.2. The first-order chi connectivity index (χ1) is 26.1. The van der Waals surface area contributed by atoms with Crippen molar-refractivity contribution in [1.29, 1.82) is 5.26 Å². The molecular formula is C42H39Cl2F2N7O. The highest BCUT2D eigenvalue weighted by atomic mass is 35.5. The average Bonchev–Trinajstić information content (AvgIpc) is 3.43. The second-order valence-corrected chi connectivity index (χ2v) is 16.8. The fourth-order valence-corrected chi connectivity index (χ4v) is 10.6. The Kier molecular flexibility index (Phi) is 8.00. The van der Waals surface area contributed by atoms with Gasteiger partial charge in [0, 0.05) is 82.9 Å². The van der Waals surface area contributed by atoms with E-state index in [9.17, 15) is 10.1 Å². The van der Waals surface area contributed by atoms with E-state index in [0.717, 1.165) is 54.5 Å². The summed E-state index contributed by atoms with van der Waals surface area (Å²) < 4.78 is 35.1. The summed E-state index contributed by atoms with van der Waals surface area (Å²) in [5, 5.41) is 15.5. The summed E-state index contributed by atoms with van der Waals surface area (Å²) in [6.07, 6.45) is 4.15.